The van der Waals surface area contributed by atoms with Crippen LogP contribution in [0, 0.1) is 0 Å². The second-order valence-electron chi connectivity index (χ2n) is 6.23. The van der Waals surface area contributed by atoms with Gasteiger partial charge in [-0.1, -0.05) is 0 Å². The maximum atomic E-state index is 12.5. The van der Waals surface area contributed by atoms with Gasteiger partial charge in [-0.3, -0.25) is 14.6 Å². The number of aromatic nitrogens is 1. The maximum Gasteiger partial charge on any atom is 0.272 e. The molecule has 1 aromatic heterocycles. The number of benzene rings is 1. The summed E-state index contributed by atoms with van der Waals surface area (Å²) < 4.78 is 5.26. The van der Waals surface area contributed by atoms with E-state index in [-0.39, 0.29) is 17.5 Å². The van der Waals surface area contributed by atoms with E-state index >= 15 is 0 Å². The van der Waals surface area contributed by atoms with Crippen LogP contribution >= 0.6 is 0 Å². The molecule has 1 aliphatic heterocycles. The highest BCUT2D eigenvalue weighted by molar-refractivity contribution is 6.05. The van der Waals surface area contributed by atoms with Crippen LogP contribution in [0.1, 0.15) is 20.8 Å². The predicted octanol–water partition coefficient (Wildman–Crippen LogP) is 1.87. The number of anilines is 2. The molecule has 0 saturated carbocycles. The lowest BCUT2D eigenvalue weighted by molar-refractivity contribution is 0.0299. The molecule has 1 aromatic carbocycles. The van der Waals surface area contributed by atoms with Gasteiger partial charge in [0.15, 0.2) is 0 Å². The van der Waals surface area contributed by atoms with Crippen LogP contribution in [0.5, 0.6) is 0 Å². The molecule has 2 heterocycles. The lowest BCUT2D eigenvalue weighted by Crippen LogP contribution is -2.41. The van der Waals surface area contributed by atoms with Crippen molar-refractivity contribution in [3.8, 4) is 0 Å². The van der Waals surface area contributed by atoms with Gasteiger partial charge in [0.1, 0.15) is 5.69 Å². The first-order valence-corrected chi connectivity index (χ1v) is 8.46. The van der Waals surface area contributed by atoms with Crippen molar-refractivity contribution in [2.75, 3.05) is 50.6 Å². The van der Waals surface area contributed by atoms with Gasteiger partial charge in [-0.05, 0) is 36.4 Å². The summed E-state index contributed by atoms with van der Waals surface area (Å²) in [4.78, 5) is 32.8. The molecule has 0 atom stereocenters. The third kappa shape index (κ3) is 4.18. The van der Waals surface area contributed by atoms with Crippen LogP contribution in [-0.4, -0.2) is 62.1 Å². The average molecular weight is 354 g/mol. The molecule has 0 unspecified atom stereocenters. The molecule has 1 fully saturated rings. The van der Waals surface area contributed by atoms with Crippen LogP contribution in [0.3, 0.4) is 0 Å². The van der Waals surface area contributed by atoms with Crippen LogP contribution in [0.15, 0.2) is 42.6 Å². The summed E-state index contributed by atoms with van der Waals surface area (Å²) in [6.07, 6.45) is 1.48. The molecule has 0 radical (unpaired) electrons. The first-order chi connectivity index (χ1) is 12.5. The van der Waals surface area contributed by atoms with Gasteiger partial charge in [0.2, 0.25) is 0 Å². The number of nitrogens with zero attached hydrogens (tertiary/aromatic N) is 3. The average Bonchev–Trinajstić information content (AvgIpc) is 2.68. The molecular formula is C19H22N4O3. The largest absolute Gasteiger partial charge is 0.378 e. The number of hydrogen-bond acceptors (Lipinski definition) is 5. The molecule has 136 valence electrons. The molecule has 0 bridgehead atoms. The first-order valence-electron chi connectivity index (χ1n) is 8.46. The second kappa shape index (κ2) is 7.97. The molecule has 26 heavy (non-hydrogen) atoms. The molecule has 3 rings (SSSR count). The topological polar surface area (TPSA) is 74.8 Å². The van der Waals surface area contributed by atoms with E-state index in [1.54, 1.807) is 11.0 Å². The first kappa shape index (κ1) is 17.9. The van der Waals surface area contributed by atoms with E-state index in [4.69, 9.17) is 4.74 Å². The van der Waals surface area contributed by atoms with Gasteiger partial charge in [-0.25, -0.2) is 0 Å². The zero-order valence-corrected chi connectivity index (χ0v) is 14.9. The van der Waals surface area contributed by atoms with Gasteiger partial charge >= 0.3 is 0 Å². The van der Waals surface area contributed by atoms with Crippen molar-refractivity contribution < 1.29 is 14.3 Å². The number of rotatable bonds is 4. The van der Waals surface area contributed by atoms with Gasteiger partial charge in [-0.15, -0.1) is 0 Å². The molecule has 0 spiro atoms. The number of hydrogen-bond donors (Lipinski definition) is 1. The molecule has 1 N–H and O–H groups in total. The highest BCUT2D eigenvalue weighted by atomic mass is 16.5. The van der Waals surface area contributed by atoms with Crippen LogP contribution < -0.4 is 10.2 Å². The molecule has 1 saturated heterocycles. The van der Waals surface area contributed by atoms with Gasteiger partial charge < -0.3 is 19.9 Å². The van der Waals surface area contributed by atoms with Gasteiger partial charge in [0, 0.05) is 50.3 Å². The normalized spacial score (nSPS) is 14.0. The van der Waals surface area contributed by atoms with Crippen LogP contribution in [0.25, 0.3) is 0 Å². The van der Waals surface area contributed by atoms with E-state index < -0.39 is 0 Å². The SMILES string of the molecule is CN(C)c1ccc(NC(=O)c2ccnc(C(=O)N3CCOCC3)c2)cc1. The fourth-order valence-electron chi connectivity index (χ4n) is 2.66. The number of morpholine rings is 1. The summed E-state index contributed by atoms with van der Waals surface area (Å²) in [6.45, 7) is 2.12. The summed E-state index contributed by atoms with van der Waals surface area (Å²) in [5, 5.41) is 2.84. The Morgan fingerprint density at radius 3 is 2.46 bits per heavy atom. The van der Waals surface area contributed by atoms with Gasteiger partial charge in [0.05, 0.1) is 13.2 Å². The lowest BCUT2D eigenvalue weighted by Gasteiger charge is -2.26. The molecule has 2 amide bonds. The fourth-order valence-corrected chi connectivity index (χ4v) is 2.66. The summed E-state index contributed by atoms with van der Waals surface area (Å²) in [5.41, 5.74) is 2.40. The van der Waals surface area contributed by atoms with Crippen LogP contribution in [0.4, 0.5) is 11.4 Å². The number of carbonyl (C=O) groups is 2. The summed E-state index contributed by atoms with van der Waals surface area (Å²) >= 11 is 0. The van der Waals surface area contributed by atoms with E-state index in [0.717, 1.165) is 5.69 Å². The van der Waals surface area contributed by atoms with E-state index in [9.17, 15) is 9.59 Å². The smallest absolute Gasteiger partial charge is 0.272 e. The zero-order chi connectivity index (χ0) is 18.5. The van der Waals surface area contributed by atoms with E-state index in [1.165, 1.54) is 12.3 Å². The predicted molar refractivity (Wildman–Crippen MR) is 99.7 cm³/mol. The van der Waals surface area contributed by atoms with Crippen molar-refractivity contribution in [1.82, 2.24) is 9.88 Å². The molecule has 0 aliphatic carbocycles. The van der Waals surface area contributed by atoms with E-state index in [2.05, 4.69) is 10.3 Å². The Hall–Kier alpha value is -2.93. The minimum atomic E-state index is -0.277. The maximum absolute atomic E-state index is 12.5. The van der Waals surface area contributed by atoms with Gasteiger partial charge in [0.25, 0.3) is 11.8 Å². The van der Waals surface area contributed by atoms with Crippen molar-refractivity contribution in [3.05, 3.63) is 53.9 Å². The Morgan fingerprint density at radius 2 is 1.81 bits per heavy atom. The number of nitrogens with one attached hydrogen (secondary N) is 1. The molecule has 7 nitrogen and oxygen atoms in total. The Labute approximate surface area is 152 Å². The Kier molecular flexibility index (Phi) is 5.48. The number of pyridine rings is 1. The quantitative estimate of drug-likeness (QED) is 0.907. The zero-order valence-electron chi connectivity index (χ0n) is 14.9. The molecule has 2 aromatic rings. The number of amides is 2. The van der Waals surface area contributed by atoms with E-state index in [1.807, 2.05) is 43.3 Å². The Balaban J connectivity index is 1.70. The number of ether oxygens (including phenoxy) is 1. The third-order valence-electron chi connectivity index (χ3n) is 4.18. The van der Waals surface area contributed by atoms with Crippen molar-refractivity contribution in [2.24, 2.45) is 0 Å². The summed E-state index contributed by atoms with van der Waals surface area (Å²) in [5.74, 6) is -0.459. The van der Waals surface area contributed by atoms with Gasteiger partial charge in [-0.2, -0.15) is 0 Å². The van der Waals surface area contributed by atoms with Crippen LogP contribution in [0.2, 0.25) is 0 Å². The Morgan fingerprint density at radius 1 is 1.12 bits per heavy atom. The van der Waals surface area contributed by atoms with Crippen LogP contribution in [-0.2, 0) is 4.74 Å². The highest BCUT2D eigenvalue weighted by Gasteiger charge is 2.20. The lowest BCUT2D eigenvalue weighted by atomic mass is 10.2. The summed E-state index contributed by atoms with van der Waals surface area (Å²) in [6, 6.07) is 10.7. The second-order valence-corrected chi connectivity index (χ2v) is 6.23. The van der Waals surface area contributed by atoms with Crippen molar-refractivity contribution >= 4 is 23.2 Å². The minimum Gasteiger partial charge on any atom is -0.378 e. The molecular weight excluding hydrogens is 332 g/mol. The monoisotopic (exact) mass is 354 g/mol. The molecule has 7 heteroatoms. The van der Waals surface area contributed by atoms with Crippen molar-refractivity contribution in [1.29, 1.82) is 0 Å². The Bertz CT molecular complexity index is 784. The highest BCUT2D eigenvalue weighted by Crippen LogP contribution is 2.17. The minimum absolute atomic E-state index is 0.182. The standard InChI is InChI=1S/C19H22N4O3/c1-22(2)16-5-3-15(4-6-16)21-18(24)14-7-8-20-17(13-14)19(25)23-9-11-26-12-10-23/h3-8,13H,9-12H2,1-2H3,(H,21,24). The molecule has 1 aliphatic rings. The summed E-state index contributed by atoms with van der Waals surface area (Å²) in [7, 11) is 3.91. The van der Waals surface area contributed by atoms with Crippen molar-refractivity contribution in [2.45, 2.75) is 0 Å². The fraction of sp³-hybridized carbons (Fsp3) is 0.316. The van der Waals surface area contributed by atoms with Crippen molar-refractivity contribution in [3.63, 3.8) is 0 Å². The number of carbonyl (C=O) groups excluding carboxylic acids is 2. The van der Waals surface area contributed by atoms with E-state index in [0.29, 0.717) is 37.6 Å². The third-order valence-corrected chi connectivity index (χ3v) is 4.18.